The van der Waals surface area contributed by atoms with Crippen molar-refractivity contribution in [1.82, 2.24) is 10.3 Å². The molecular weight excluding hydrogens is 223 g/mol. The number of nitrogen functional groups attached to an aromatic ring is 1. The Morgan fingerprint density at radius 1 is 1.59 bits per heavy atom. The van der Waals surface area contributed by atoms with Crippen LogP contribution in [0.5, 0.6) is 0 Å². The molecule has 0 aliphatic carbocycles. The first kappa shape index (κ1) is 12.8. The zero-order valence-corrected chi connectivity index (χ0v) is 8.88. The standard InChI is InChI=1S/C9H11BN4O3/c10-9(17)14-6(8(15)16)4-13-7-5(11)2-1-3-12-7/h1-3,6H,4,11H2,(H,12,13)(H,14,17)(H,15,16)/t6-/m0/s1. The van der Waals surface area contributed by atoms with Gasteiger partial charge >= 0.3 is 5.97 Å². The summed E-state index contributed by atoms with van der Waals surface area (Å²) in [5.41, 5.74) is 5.98. The Hall–Kier alpha value is -2.25. The van der Waals surface area contributed by atoms with Crippen LogP contribution < -0.4 is 16.4 Å². The third kappa shape index (κ3) is 4.02. The van der Waals surface area contributed by atoms with E-state index in [9.17, 15) is 9.59 Å². The van der Waals surface area contributed by atoms with E-state index in [1.54, 1.807) is 12.1 Å². The van der Waals surface area contributed by atoms with Crippen LogP contribution >= 0.6 is 0 Å². The molecule has 0 unspecified atom stereocenters. The molecule has 1 amide bonds. The van der Waals surface area contributed by atoms with Crippen LogP contribution in [0.1, 0.15) is 0 Å². The van der Waals surface area contributed by atoms with Crippen molar-refractivity contribution in [3.05, 3.63) is 18.3 Å². The number of rotatable bonds is 5. The quantitative estimate of drug-likeness (QED) is 0.505. The predicted molar refractivity (Wildman–Crippen MR) is 62.8 cm³/mol. The van der Waals surface area contributed by atoms with Crippen molar-refractivity contribution >= 4 is 31.1 Å². The molecule has 1 atom stereocenters. The minimum atomic E-state index is -1.20. The first-order valence-corrected chi connectivity index (χ1v) is 4.74. The highest BCUT2D eigenvalue weighted by Crippen LogP contribution is 2.12. The number of carboxylic acids is 1. The molecule has 5 N–H and O–H groups in total. The van der Waals surface area contributed by atoms with Crippen LogP contribution in [-0.4, -0.2) is 42.3 Å². The Bertz CT molecular complexity index is 426. The highest BCUT2D eigenvalue weighted by atomic mass is 16.4. The Morgan fingerprint density at radius 3 is 2.82 bits per heavy atom. The second-order valence-electron chi connectivity index (χ2n) is 3.22. The Morgan fingerprint density at radius 2 is 2.29 bits per heavy atom. The topological polar surface area (TPSA) is 117 Å². The van der Waals surface area contributed by atoms with Gasteiger partial charge in [0.2, 0.25) is 7.85 Å². The van der Waals surface area contributed by atoms with E-state index in [4.69, 9.17) is 18.7 Å². The van der Waals surface area contributed by atoms with Crippen LogP contribution in [0.25, 0.3) is 0 Å². The molecule has 0 aliphatic heterocycles. The second kappa shape index (κ2) is 5.73. The van der Waals surface area contributed by atoms with Crippen molar-refractivity contribution in [3.63, 3.8) is 0 Å². The smallest absolute Gasteiger partial charge is 0.328 e. The fourth-order valence-corrected chi connectivity index (χ4v) is 1.14. The molecule has 0 aromatic carbocycles. The molecule has 0 saturated heterocycles. The summed E-state index contributed by atoms with van der Waals surface area (Å²) in [6.45, 7) is -0.0700. The number of nitrogens with two attached hydrogens (primary N) is 1. The monoisotopic (exact) mass is 234 g/mol. The van der Waals surface area contributed by atoms with Crippen LogP contribution in [0.15, 0.2) is 18.3 Å². The van der Waals surface area contributed by atoms with E-state index in [0.29, 0.717) is 11.5 Å². The first-order chi connectivity index (χ1) is 8.00. The predicted octanol–water partition coefficient (Wildman–Crippen LogP) is -0.593. The summed E-state index contributed by atoms with van der Waals surface area (Å²) in [4.78, 5) is 25.3. The summed E-state index contributed by atoms with van der Waals surface area (Å²) in [6.07, 6.45) is 1.51. The summed E-state index contributed by atoms with van der Waals surface area (Å²) in [5, 5.41) is 13.6. The van der Waals surface area contributed by atoms with Gasteiger partial charge in [-0.2, -0.15) is 0 Å². The van der Waals surface area contributed by atoms with Gasteiger partial charge in [0.25, 0.3) is 0 Å². The normalized spacial score (nSPS) is 11.5. The van der Waals surface area contributed by atoms with Gasteiger partial charge in [0.15, 0.2) is 5.81 Å². The fourth-order valence-electron chi connectivity index (χ4n) is 1.14. The van der Waals surface area contributed by atoms with E-state index in [2.05, 4.69) is 15.6 Å². The lowest BCUT2D eigenvalue weighted by atomic mass is 10.1. The van der Waals surface area contributed by atoms with Crippen molar-refractivity contribution in [2.24, 2.45) is 0 Å². The molecule has 0 bridgehead atoms. The number of nitrogens with one attached hydrogen (secondary N) is 2. The van der Waals surface area contributed by atoms with Gasteiger partial charge in [-0.05, 0) is 12.1 Å². The minimum absolute atomic E-state index is 0.0700. The minimum Gasteiger partial charge on any atom is -0.480 e. The van der Waals surface area contributed by atoms with E-state index >= 15 is 0 Å². The number of carbonyl (C=O) groups excluding carboxylic acids is 1. The lowest BCUT2D eigenvalue weighted by Gasteiger charge is -2.15. The number of carbonyl (C=O) groups is 2. The second-order valence-corrected chi connectivity index (χ2v) is 3.22. The van der Waals surface area contributed by atoms with E-state index in [1.807, 2.05) is 0 Å². The molecule has 0 spiro atoms. The number of anilines is 2. The molecule has 17 heavy (non-hydrogen) atoms. The Balaban J connectivity index is 2.61. The van der Waals surface area contributed by atoms with Crippen molar-refractivity contribution in [2.75, 3.05) is 17.6 Å². The number of nitrogens with zero attached hydrogens (tertiary/aromatic N) is 1. The van der Waals surface area contributed by atoms with Gasteiger partial charge < -0.3 is 21.5 Å². The summed E-state index contributed by atoms with van der Waals surface area (Å²) in [6, 6.07) is 2.12. The fraction of sp³-hybridized carbons (Fsp3) is 0.222. The van der Waals surface area contributed by atoms with Gasteiger partial charge in [-0.15, -0.1) is 0 Å². The number of hydrogen-bond donors (Lipinski definition) is 4. The van der Waals surface area contributed by atoms with Gasteiger partial charge in [-0.3, -0.25) is 4.79 Å². The third-order valence-corrected chi connectivity index (χ3v) is 1.93. The molecular formula is C9H11BN4O3. The Labute approximate surface area is 98.8 Å². The molecule has 2 radical (unpaired) electrons. The average molecular weight is 234 g/mol. The van der Waals surface area contributed by atoms with Gasteiger partial charge in [0.1, 0.15) is 11.9 Å². The van der Waals surface area contributed by atoms with E-state index in [-0.39, 0.29) is 6.54 Å². The number of aromatic nitrogens is 1. The van der Waals surface area contributed by atoms with Crippen LogP contribution in [0.3, 0.4) is 0 Å². The van der Waals surface area contributed by atoms with Gasteiger partial charge in [0.05, 0.1) is 5.69 Å². The summed E-state index contributed by atoms with van der Waals surface area (Å²) in [5.74, 6) is -1.76. The summed E-state index contributed by atoms with van der Waals surface area (Å²) in [7, 11) is 4.85. The molecule has 1 rings (SSSR count). The van der Waals surface area contributed by atoms with E-state index < -0.39 is 17.8 Å². The lowest BCUT2D eigenvalue weighted by molar-refractivity contribution is -0.138. The maximum Gasteiger partial charge on any atom is 0.328 e. The average Bonchev–Trinajstić information content (AvgIpc) is 2.25. The molecule has 0 saturated carbocycles. The molecule has 1 aromatic heterocycles. The molecule has 1 heterocycles. The summed E-state index contributed by atoms with van der Waals surface area (Å²) >= 11 is 0. The van der Waals surface area contributed by atoms with Crippen molar-refractivity contribution in [3.8, 4) is 0 Å². The highest BCUT2D eigenvalue weighted by molar-refractivity contribution is 6.57. The molecule has 0 aliphatic rings. The Kier molecular flexibility index (Phi) is 4.33. The van der Waals surface area contributed by atoms with Crippen LogP contribution in [0, 0.1) is 0 Å². The first-order valence-electron chi connectivity index (χ1n) is 4.74. The number of carboxylic acid groups (broad SMARTS) is 1. The van der Waals surface area contributed by atoms with E-state index in [0.717, 1.165) is 0 Å². The number of pyridine rings is 1. The van der Waals surface area contributed by atoms with Gasteiger partial charge in [-0.25, -0.2) is 9.78 Å². The molecule has 0 fully saturated rings. The SMILES string of the molecule is [B]C(=O)N[C@@H](CNc1ncccc1N)C(=O)O. The maximum absolute atomic E-state index is 10.8. The molecule has 88 valence electrons. The number of aliphatic carboxylic acids is 1. The van der Waals surface area contributed by atoms with Gasteiger partial charge in [-0.1, -0.05) is 0 Å². The van der Waals surface area contributed by atoms with Crippen molar-refractivity contribution in [2.45, 2.75) is 6.04 Å². The zero-order chi connectivity index (χ0) is 12.8. The van der Waals surface area contributed by atoms with E-state index in [1.165, 1.54) is 6.20 Å². The molecule has 8 heteroatoms. The van der Waals surface area contributed by atoms with Crippen molar-refractivity contribution in [1.29, 1.82) is 0 Å². The van der Waals surface area contributed by atoms with Gasteiger partial charge in [0, 0.05) is 12.7 Å². The third-order valence-electron chi connectivity index (χ3n) is 1.93. The lowest BCUT2D eigenvalue weighted by Crippen LogP contribution is -2.45. The highest BCUT2D eigenvalue weighted by Gasteiger charge is 2.18. The summed E-state index contributed by atoms with van der Waals surface area (Å²) < 4.78 is 0. The van der Waals surface area contributed by atoms with Crippen LogP contribution in [-0.2, 0) is 4.79 Å². The zero-order valence-electron chi connectivity index (χ0n) is 8.88. The van der Waals surface area contributed by atoms with Crippen molar-refractivity contribution < 1.29 is 14.7 Å². The van der Waals surface area contributed by atoms with Crippen LogP contribution in [0.4, 0.5) is 16.3 Å². The number of hydrogen-bond acceptors (Lipinski definition) is 5. The number of amides is 1. The molecule has 1 aromatic rings. The molecule has 7 nitrogen and oxygen atoms in total. The maximum atomic E-state index is 10.8. The van der Waals surface area contributed by atoms with Crippen LogP contribution in [0.2, 0.25) is 0 Å². The largest absolute Gasteiger partial charge is 0.480 e.